The van der Waals surface area contributed by atoms with Crippen LogP contribution in [0.15, 0.2) is 30.3 Å². The maximum atomic E-state index is 14.2. The zero-order chi connectivity index (χ0) is 21.4. The van der Waals surface area contributed by atoms with Crippen molar-refractivity contribution >= 4 is 23.4 Å². The largest absolute Gasteiger partial charge is 0.497 e. The zero-order valence-electron chi connectivity index (χ0n) is 16.1. The Balaban J connectivity index is 1.59. The standard InChI is InChI=1S/C21H19F2N3O4/c1-30-13-2-3-16(23)11(6-13)9-24-17-8-12(22)7-14-15(17)10-26(21(14)29)18-4-5-19(27)25-20(18)28/h2-3,6-8,18,24H,4-5,9-10H2,1H3,(H,25,27,28)/t18-/m0/s1. The molecule has 156 valence electrons. The topological polar surface area (TPSA) is 87.7 Å². The number of nitrogens with zero attached hydrogens (tertiary/aromatic N) is 1. The van der Waals surface area contributed by atoms with Gasteiger partial charge in [0.2, 0.25) is 11.8 Å². The molecule has 0 aliphatic carbocycles. The van der Waals surface area contributed by atoms with Crippen LogP contribution in [0.2, 0.25) is 0 Å². The van der Waals surface area contributed by atoms with Crippen LogP contribution in [0.5, 0.6) is 5.75 Å². The summed E-state index contributed by atoms with van der Waals surface area (Å²) in [5, 5.41) is 5.22. The van der Waals surface area contributed by atoms with Gasteiger partial charge in [0.1, 0.15) is 23.4 Å². The molecule has 0 aromatic heterocycles. The number of carbonyl (C=O) groups is 3. The van der Waals surface area contributed by atoms with E-state index in [0.717, 1.165) is 6.07 Å². The predicted molar refractivity (Wildman–Crippen MR) is 103 cm³/mol. The van der Waals surface area contributed by atoms with Gasteiger partial charge in [0.15, 0.2) is 0 Å². The van der Waals surface area contributed by atoms with Gasteiger partial charge in [-0.05, 0) is 36.8 Å². The monoisotopic (exact) mass is 415 g/mol. The van der Waals surface area contributed by atoms with Gasteiger partial charge < -0.3 is 15.0 Å². The number of carbonyl (C=O) groups excluding carboxylic acids is 3. The summed E-state index contributed by atoms with van der Waals surface area (Å²) >= 11 is 0. The van der Waals surface area contributed by atoms with Crippen LogP contribution in [0, 0.1) is 11.6 Å². The van der Waals surface area contributed by atoms with E-state index in [9.17, 15) is 23.2 Å². The Morgan fingerprint density at radius 2 is 2.00 bits per heavy atom. The average molecular weight is 415 g/mol. The number of nitrogens with one attached hydrogen (secondary N) is 2. The van der Waals surface area contributed by atoms with Gasteiger partial charge in [0, 0.05) is 41.9 Å². The van der Waals surface area contributed by atoms with E-state index >= 15 is 0 Å². The minimum absolute atomic E-state index is 0.0472. The molecule has 2 aromatic carbocycles. The van der Waals surface area contributed by atoms with Gasteiger partial charge in [-0.1, -0.05) is 0 Å². The molecule has 0 spiro atoms. The number of halogens is 2. The number of rotatable bonds is 5. The Kier molecular flexibility index (Phi) is 5.11. The lowest BCUT2D eigenvalue weighted by atomic mass is 10.0. The van der Waals surface area contributed by atoms with Gasteiger partial charge in [-0.25, -0.2) is 8.78 Å². The minimum atomic E-state index is -0.797. The quantitative estimate of drug-likeness (QED) is 0.732. The van der Waals surface area contributed by atoms with Crippen molar-refractivity contribution < 1.29 is 27.9 Å². The van der Waals surface area contributed by atoms with Crippen molar-refractivity contribution in [3.63, 3.8) is 0 Å². The molecule has 0 saturated carbocycles. The molecule has 0 radical (unpaired) electrons. The molecule has 1 fully saturated rings. The molecular weight excluding hydrogens is 396 g/mol. The van der Waals surface area contributed by atoms with E-state index in [-0.39, 0.29) is 37.4 Å². The highest BCUT2D eigenvalue weighted by Crippen LogP contribution is 2.33. The van der Waals surface area contributed by atoms with E-state index in [2.05, 4.69) is 10.6 Å². The third kappa shape index (κ3) is 3.58. The zero-order valence-corrected chi connectivity index (χ0v) is 16.1. The molecule has 9 heteroatoms. The van der Waals surface area contributed by atoms with Crippen LogP contribution >= 0.6 is 0 Å². The van der Waals surface area contributed by atoms with Crippen molar-refractivity contribution in [1.29, 1.82) is 0 Å². The highest BCUT2D eigenvalue weighted by molar-refractivity contribution is 6.06. The second kappa shape index (κ2) is 7.74. The van der Waals surface area contributed by atoms with Crippen molar-refractivity contribution in [2.75, 3.05) is 12.4 Å². The first-order chi connectivity index (χ1) is 14.4. The molecule has 30 heavy (non-hydrogen) atoms. The highest BCUT2D eigenvalue weighted by atomic mass is 19.1. The fraction of sp³-hybridized carbons (Fsp3) is 0.286. The van der Waals surface area contributed by atoms with Gasteiger partial charge in [-0.15, -0.1) is 0 Å². The number of imide groups is 1. The molecule has 1 atom stereocenters. The van der Waals surface area contributed by atoms with Crippen LogP contribution in [-0.4, -0.2) is 35.8 Å². The number of piperidine rings is 1. The lowest BCUT2D eigenvalue weighted by molar-refractivity contribution is -0.136. The number of hydrogen-bond donors (Lipinski definition) is 2. The number of benzene rings is 2. The van der Waals surface area contributed by atoms with Crippen molar-refractivity contribution in [2.45, 2.75) is 32.0 Å². The summed E-state index contributed by atoms with van der Waals surface area (Å²) in [5.41, 5.74) is 1.33. The molecule has 0 bridgehead atoms. The second-order valence-electron chi connectivity index (χ2n) is 7.19. The summed E-state index contributed by atoms with van der Waals surface area (Å²) in [6.07, 6.45) is 0.343. The summed E-state index contributed by atoms with van der Waals surface area (Å²) in [6, 6.07) is 5.87. The van der Waals surface area contributed by atoms with Crippen molar-refractivity contribution in [2.24, 2.45) is 0 Å². The summed E-state index contributed by atoms with van der Waals surface area (Å²) in [5.74, 6) is -1.99. The Hall–Kier alpha value is -3.49. The Morgan fingerprint density at radius 3 is 2.73 bits per heavy atom. The normalized spacial score (nSPS) is 18.3. The van der Waals surface area contributed by atoms with E-state index in [4.69, 9.17) is 4.74 Å². The summed E-state index contributed by atoms with van der Waals surface area (Å²) < 4.78 is 33.4. The van der Waals surface area contributed by atoms with Gasteiger partial charge in [0.05, 0.1) is 7.11 Å². The SMILES string of the molecule is COc1ccc(F)c(CNc2cc(F)cc3c2CN([C@H]2CCC(=O)NC2=O)C3=O)c1. The average Bonchev–Trinajstić information content (AvgIpc) is 3.03. The van der Waals surface area contributed by atoms with Gasteiger partial charge in [-0.3, -0.25) is 19.7 Å². The molecule has 0 unspecified atom stereocenters. The number of fused-ring (bicyclic) bond motifs is 1. The molecule has 3 amide bonds. The molecule has 1 saturated heterocycles. The van der Waals surface area contributed by atoms with E-state index in [1.54, 1.807) is 0 Å². The smallest absolute Gasteiger partial charge is 0.255 e. The van der Waals surface area contributed by atoms with Crippen LogP contribution in [-0.2, 0) is 22.7 Å². The van der Waals surface area contributed by atoms with E-state index < -0.39 is 29.5 Å². The third-order valence-electron chi connectivity index (χ3n) is 5.34. The van der Waals surface area contributed by atoms with Gasteiger partial charge in [0.25, 0.3) is 5.91 Å². The number of hydrogen-bond acceptors (Lipinski definition) is 5. The molecule has 2 aromatic rings. The molecule has 2 N–H and O–H groups in total. The summed E-state index contributed by atoms with van der Waals surface area (Å²) in [7, 11) is 1.47. The Bertz CT molecular complexity index is 1060. The Morgan fingerprint density at radius 1 is 1.20 bits per heavy atom. The lowest BCUT2D eigenvalue weighted by Gasteiger charge is -2.29. The lowest BCUT2D eigenvalue weighted by Crippen LogP contribution is -2.52. The number of anilines is 1. The van der Waals surface area contributed by atoms with Crippen molar-refractivity contribution in [3.05, 3.63) is 58.7 Å². The maximum Gasteiger partial charge on any atom is 0.255 e. The van der Waals surface area contributed by atoms with Crippen molar-refractivity contribution in [3.8, 4) is 5.75 Å². The minimum Gasteiger partial charge on any atom is -0.497 e. The van der Waals surface area contributed by atoms with E-state index in [1.165, 1.54) is 36.3 Å². The Labute approximate surface area is 171 Å². The summed E-state index contributed by atoms with van der Waals surface area (Å²) in [4.78, 5) is 37.7. The first-order valence-corrected chi connectivity index (χ1v) is 9.40. The van der Waals surface area contributed by atoms with Crippen LogP contribution in [0.1, 0.15) is 34.3 Å². The van der Waals surface area contributed by atoms with Crippen LogP contribution < -0.4 is 15.4 Å². The summed E-state index contributed by atoms with van der Waals surface area (Å²) in [6.45, 7) is 0.134. The third-order valence-corrected chi connectivity index (χ3v) is 5.34. The van der Waals surface area contributed by atoms with Crippen molar-refractivity contribution in [1.82, 2.24) is 10.2 Å². The number of ether oxygens (including phenoxy) is 1. The fourth-order valence-corrected chi connectivity index (χ4v) is 3.79. The maximum absolute atomic E-state index is 14.2. The van der Waals surface area contributed by atoms with Crippen LogP contribution in [0.3, 0.4) is 0 Å². The van der Waals surface area contributed by atoms with Gasteiger partial charge in [-0.2, -0.15) is 0 Å². The molecule has 2 aliphatic rings. The molecule has 2 heterocycles. The van der Waals surface area contributed by atoms with Crippen LogP contribution in [0.25, 0.3) is 0 Å². The molecule has 2 aliphatic heterocycles. The highest BCUT2D eigenvalue weighted by Gasteiger charge is 2.40. The molecular formula is C21H19F2N3O4. The van der Waals surface area contributed by atoms with E-state index in [1.807, 2.05) is 0 Å². The van der Waals surface area contributed by atoms with Crippen LogP contribution in [0.4, 0.5) is 14.5 Å². The predicted octanol–water partition coefficient (Wildman–Crippen LogP) is 2.35. The molecule has 7 nitrogen and oxygen atoms in total. The molecule has 4 rings (SSSR count). The first kappa shape index (κ1) is 19.8. The number of methoxy groups -OCH3 is 1. The van der Waals surface area contributed by atoms with E-state index in [0.29, 0.717) is 22.6 Å². The second-order valence-corrected chi connectivity index (χ2v) is 7.19. The van der Waals surface area contributed by atoms with Gasteiger partial charge >= 0.3 is 0 Å². The fourth-order valence-electron chi connectivity index (χ4n) is 3.79. The number of amides is 3. The first-order valence-electron chi connectivity index (χ1n) is 9.40.